The number of nitrogens with zero attached hydrogens (tertiary/aromatic N) is 1. The molecule has 3 aliphatic rings. The number of ether oxygens (including phenoxy) is 2. The van der Waals surface area contributed by atoms with Crippen molar-refractivity contribution in [2.75, 3.05) is 26.2 Å². The molecule has 0 spiro atoms. The first-order valence-corrected chi connectivity index (χ1v) is 9.69. The van der Waals surface area contributed by atoms with Crippen molar-refractivity contribution in [1.29, 1.82) is 0 Å². The monoisotopic (exact) mass is 344 g/mol. The number of likely N-dealkylation sites (tertiary alicyclic amines) is 1. The molecule has 5 heteroatoms. The summed E-state index contributed by atoms with van der Waals surface area (Å²) in [5, 5.41) is 3.16. The molecule has 1 aliphatic carbocycles. The van der Waals surface area contributed by atoms with Gasteiger partial charge in [-0.05, 0) is 43.7 Å². The maximum Gasteiger partial charge on any atom is 0.264 e. The Labute approximate surface area is 149 Å². The molecule has 1 aromatic rings. The lowest BCUT2D eigenvalue weighted by Gasteiger charge is -2.34. The summed E-state index contributed by atoms with van der Waals surface area (Å²) in [6, 6.07) is 7.76. The third-order valence-electron chi connectivity index (χ3n) is 5.73. The number of hydrogen-bond donors (Lipinski definition) is 1. The van der Waals surface area contributed by atoms with Crippen LogP contribution < -0.4 is 14.8 Å². The highest BCUT2D eigenvalue weighted by atomic mass is 16.6. The van der Waals surface area contributed by atoms with Crippen LogP contribution in [0.1, 0.15) is 38.5 Å². The number of hydrogen-bond acceptors (Lipinski definition) is 4. The van der Waals surface area contributed by atoms with Gasteiger partial charge in [0, 0.05) is 25.7 Å². The van der Waals surface area contributed by atoms with Gasteiger partial charge in [0.2, 0.25) is 6.10 Å². The summed E-state index contributed by atoms with van der Waals surface area (Å²) >= 11 is 0. The lowest BCUT2D eigenvalue weighted by molar-refractivity contribution is -0.131. The predicted molar refractivity (Wildman–Crippen MR) is 95.9 cm³/mol. The summed E-state index contributed by atoms with van der Waals surface area (Å²) in [6.45, 7) is 3.71. The van der Waals surface area contributed by atoms with E-state index in [4.69, 9.17) is 9.47 Å². The Morgan fingerprint density at radius 2 is 1.80 bits per heavy atom. The summed E-state index contributed by atoms with van der Waals surface area (Å²) in [5.74, 6) is 2.22. The average Bonchev–Trinajstić information content (AvgIpc) is 3.16. The van der Waals surface area contributed by atoms with E-state index in [2.05, 4.69) is 10.2 Å². The largest absolute Gasteiger partial charge is 0.485 e. The van der Waals surface area contributed by atoms with Crippen molar-refractivity contribution in [2.24, 2.45) is 5.92 Å². The quantitative estimate of drug-likeness (QED) is 0.912. The second-order valence-electron chi connectivity index (χ2n) is 7.60. The molecule has 2 aliphatic heterocycles. The number of para-hydroxylation sites is 2. The molecular formula is C20H28N2O3. The SMILES string of the molecule is O=C(NC1CCN(CC2CCCC2)CC1)[C@H]1COc2ccccc2O1. The summed E-state index contributed by atoms with van der Waals surface area (Å²) in [5.41, 5.74) is 0. The minimum atomic E-state index is -0.550. The molecule has 0 bridgehead atoms. The molecule has 1 saturated heterocycles. The second kappa shape index (κ2) is 7.65. The van der Waals surface area contributed by atoms with Crippen LogP contribution in [0.2, 0.25) is 0 Å². The third-order valence-corrected chi connectivity index (χ3v) is 5.73. The Balaban J connectivity index is 1.23. The van der Waals surface area contributed by atoms with Gasteiger partial charge in [0.05, 0.1) is 0 Å². The molecule has 2 fully saturated rings. The van der Waals surface area contributed by atoms with E-state index < -0.39 is 6.10 Å². The first kappa shape index (κ1) is 16.7. The fourth-order valence-electron chi connectivity index (χ4n) is 4.26. The number of rotatable bonds is 4. The zero-order valence-corrected chi connectivity index (χ0v) is 14.8. The lowest BCUT2D eigenvalue weighted by atomic mass is 10.0. The highest BCUT2D eigenvalue weighted by Gasteiger charge is 2.30. The molecule has 2 heterocycles. The van der Waals surface area contributed by atoms with E-state index >= 15 is 0 Å². The zero-order valence-electron chi connectivity index (χ0n) is 14.8. The van der Waals surface area contributed by atoms with Gasteiger partial charge in [0.1, 0.15) is 6.61 Å². The molecule has 4 rings (SSSR count). The third kappa shape index (κ3) is 4.09. The number of benzene rings is 1. The van der Waals surface area contributed by atoms with Crippen LogP contribution in [0.25, 0.3) is 0 Å². The molecular weight excluding hydrogens is 316 g/mol. The lowest BCUT2D eigenvalue weighted by Crippen LogP contribution is -2.51. The van der Waals surface area contributed by atoms with Crippen molar-refractivity contribution in [2.45, 2.75) is 50.7 Å². The Hall–Kier alpha value is -1.75. The number of carbonyl (C=O) groups excluding carboxylic acids is 1. The van der Waals surface area contributed by atoms with Crippen molar-refractivity contribution >= 4 is 5.91 Å². The Kier molecular flexibility index (Phi) is 5.11. The molecule has 1 amide bonds. The first-order valence-electron chi connectivity index (χ1n) is 9.69. The minimum absolute atomic E-state index is 0.0521. The topological polar surface area (TPSA) is 50.8 Å². The van der Waals surface area contributed by atoms with Crippen molar-refractivity contribution in [1.82, 2.24) is 10.2 Å². The smallest absolute Gasteiger partial charge is 0.264 e. The number of carbonyl (C=O) groups is 1. The van der Waals surface area contributed by atoms with E-state index in [1.165, 1.54) is 32.2 Å². The standard InChI is InChI=1S/C20H28N2O3/c23-20(19-14-24-17-7-3-4-8-18(17)25-19)21-16-9-11-22(12-10-16)13-15-5-1-2-6-15/h3-4,7-8,15-16,19H,1-2,5-6,9-14H2,(H,21,23)/t19-/m1/s1. The molecule has 1 N–H and O–H groups in total. The van der Waals surface area contributed by atoms with Crippen molar-refractivity contribution in [3.8, 4) is 11.5 Å². The normalized spacial score (nSPS) is 25.0. The maximum atomic E-state index is 12.5. The van der Waals surface area contributed by atoms with Gasteiger partial charge in [-0.25, -0.2) is 0 Å². The van der Waals surface area contributed by atoms with Crippen LogP contribution in [0, 0.1) is 5.92 Å². The van der Waals surface area contributed by atoms with Crippen LogP contribution in [-0.2, 0) is 4.79 Å². The highest BCUT2D eigenvalue weighted by molar-refractivity contribution is 5.82. The maximum absolute atomic E-state index is 12.5. The number of nitrogens with one attached hydrogen (secondary N) is 1. The van der Waals surface area contributed by atoms with Gasteiger partial charge in [-0.2, -0.15) is 0 Å². The van der Waals surface area contributed by atoms with E-state index in [1.807, 2.05) is 24.3 Å². The van der Waals surface area contributed by atoms with Gasteiger partial charge in [0.15, 0.2) is 11.5 Å². The summed E-state index contributed by atoms with van der Waals surface area (Å²) in [7, 11) is 0. The fraction of sp³-hybridized carbons (Fsp3) is 0.650. The van der Waals surface area contributed by atoms with Gasteiger partial charge < -0.3 is 19.7 Å². The first-order chi connectivity index (χ1) is 12.3. The van der Waals surface area contributed by atoms with Gasteiger partial charge in [-0.3, -0.25) is 4.79 Å². The molecule has 25 heavy (non-hydrogen) atoms. The van der Waals surface area contributed by atoms with E-state index in [9.17, 15) is 4.79 Å². The fourth-order valence-corrected chi connectivity index (χ4v) is 4.26. The Bertz CT molecular complexity index is 592. The summed E-state index contributed by atoms with van der Waals surface area (Å²) < 4.78 is 11.4. The van der Waals surface area contributed by atoms with E-state index in [0.717, 1.165) is 31.8 Å². The average molecular weight is 344 g/mol. The molecule has 0 radical (unpaired) electrons. The van der Waals surface area contributed by atoms with Gasteiger partial charge in [-0.15, -0.1) is 0 Å². The molecule has 1 saturated carbocycles. The summed E-state index contributed by atoms with van der Waals surface area (Å²) in [4.78, 5) is 15.1. The van der Waals surface area contributed by atoms with Crippen LogP contribution in [0.15, 0.2) is 24.3 Å². The molecule has 1 atom stereocenters. The van der Waals surface area contributed by atoms with Crippen molar-refractivity contribution < 1.29 is 14.3 Å². The van der Waals surface area contributed by atoms with E-state index in [0.29, 0.717) is 11.5 Å². The van der Waals surface area contributed by atoms with Crippen molar-refractivity contribution in [3.05, 3.63) is 24.3 Å². The Morgan fingerprint density at radius 3 is 2.56 bits per heavy atom. The number of amides is 1. The summed E-state index contributed by atoms with van der Waals surface area (Å²) in [6.07, 6.45) is 7.12. The molecule has 136 valence electrons. The zero-order chi connectivity index (χ0) is 17.1. The molecule has 0 aromatic heterocycles. The van der Waals surface area contributed by atoms with Crippen molar-refractivity contribution in [3.63, 3.8) is 0 Å². The van der Waals surface area contributed by atoms with Gasteiger partial charge >= 0.3 is 0 Å². The van der Waals surface area contributed by atoms with Crippen LogP contribution in [-0.4, -0.2) is 49.2 Å². The van der Waals surface area contributed by atoms with Gasteiger partial charge in [-0.1, -0.05) is 25.0 Å². The Morgan fingerprint density at radius 1 is 1.08 bits per heavy atom. The second-order valence-corrected chi connectivity index (χ2v) is 7.60. The van der Waals surface area contributed by atoms with Crippen LogP contribution in [0.5, 0.6) is 11.5 Å². The van der Waals surface area contributed by atoms with Crippen LogP contribution in [0.3, 0.4) is 0 Å². The molecule has 0 unspecified atom stereocenters. The number of fused-ring (bicyclic) bond motifs is 1. The predicted octanol–water partition coefficient (Wildman–Crippen LogP) is 2.60. The van der Waals surface area contributed by atoms with Crippen LogP contribution in [0.4, 0.5) is 0 Å². The number of piperidine rings is 1. The van der Waals surface area contributed by atoms with Gasteiger partial charge in [0.25, 0.3) is 5.91 Å². The molecule has 1 aromatic carbocycles. The van der Waals surface area contributed by atoms with Crippen LogP contribution >= 0.6 is 0 Å². The van der Waals surface area contributed by atoms with E-state index in [1.54, 1.807) is 0 Å². The molecule has 5 nitrogen and oxygen atoms in total. The van der Waals surface area contributed by atoms with E-state index in [-0.39, 0.29) is 18.6 Å². The highest BCUT2D eigenvalue weighted by Crippen LogP contribution is 2.31. The minimum Gasteiger partial charge on any atom is -0.485 e.